The lowest BCUT2D eigenvalue weighted by Crippen LogP contribution is -1.98. The fourth-order valence-corrected chi connectivity index (χ4v) is 6.77. The van der Waals surface area contributed by atoms with E-state index in [-0.39, 0.29) is 0 Å². The maximum atomic E-state index is 5.29. The minimum absolute atomic E-state index is 0.915. The number of aromatic nitrogens is 3. The van der Waals surface area contributed by atoms with E-state index in [0.29, 0.717) is 0 Å². The van der Waals surface area contributed by atoms with E-state index < -0.39 is 0 Å². The van der Waals surface area contributed by atoms with E-state index in [1.165, 1.54) is 43.4 Å². The van der Waals surface area contributed by atoms with Crippen LogP contribution < -0.4 is 0 Å². The molecule has 0 atom stereocenters. The zero-order chi connectivity index (χ0) is 27.6. The molecular formula is C39H25N3. The van der Waals surface area contributed by atoms with Gasteiger partial charge in [0.05, 0.1) is 27.8 Å². The van der Waals surface area contributed by atoms with Crippen LogP contribution in [0.15, 0.2) is 152 Å². The Morgan fingerprint density at radius 1 is 0.381 bits per heavy atom. The quantitative estimate of drug-likeness (QED) is 0.221. The first-order valence-corrected chi connectivity index (χ1v) is 14.3. The molecule has 0 saturated heterocycles. The lowest BCUT2D eigenvalue weighted by atomic mass is 10.0. The van der Waals surface area contributed by atoms with Crippen LogP contribution in [-0.2, 0) is 0 Å². The largest absolute Gasteiger partial charge is 0.309 e. The van der Waals surface area contributed by atoms with Gasteiger partial charge >= 0.3 is 0 Å². The summed E-state index contributed by atoms with van der Waals surface area (Å²) in [5.41, 5.74) is 7.99. The Balaban J connectivity index is 1.38. The van der Waals surface area contributed by atoms with Gasteiger partial charge in [-0.15, -0.1) is 0 Å². The predicted molar refractivity (Wildman–Crippen MR) is 176 cm³/mol. The Bertz CT molecular complexity index is 2460. The van der Waals surface area contributed by atoms with E-state index in [0.717, 1.165) is 33.8 Å². The minimum Gasteiger partial charge on any atom is -0.309 e. The van der Waals surface area contributed by atoms with E-state index in [1.807, 2.05) is 0 Å². The standard InChI is InChI=1S/C39H25N3/c1-2-14-27(15-3-1)41-33-21-8-6-17-30(33)38-35(41)24-25-36-39(38)31-18-7-9-22-34(31)42(36)37-23-11-20-32(40-37)29-19-10-13-26-12-4-5-16-28(26)29/h1-25H. The SMILES string of the molecule is c1ccc(-n2c3ccccc3c3c4c5ccccc5n(-c5cccc(-c6cccc7ccccc67)n5)c4ccc32)cc1. The third kappa shape index (κ3) is 3.25. The molecule has 0 N–H and O–H groups in total. The summed E-state index contributed by atoms with van der Waals surface area (Å²) in [4.78, 5) is 5.29. The molecule has 0 saturated carbocycles. The molecule has 0 aliphatic rings. The van der Waals surface area contributed by atoms with Crippen molar-refractivity contribution in [3.63, 3.8) is 0 Å². The molecule has 42 heavy (non-hydrogen) atoms. The first-order valence-electron chi connectivity index (χ1n) is 14.3. The Morgan fingerprint density at radius 3 is 1.71 bits per heavy atom. The predicted octanol–water partition coefficient (Wildman–Crippen LogP) is 10.1. The van der Waals surface area contributed by atoms with Gasteiger partial charge in [-0.1, -0.05) is 103 Å². The van der Waals surface area contributed by atoms with Crippen LogP contribution in [0, 0.1) is 0 Å². The highest BCUT2D eigenvalue weighted by molar-refractivity contribution is 6.28. The molecule has 0 fully saturated rings. The minimum atomic E-state index is 0.915. The molecule has 9 aromatic rings. The van der Waals surface area contributed by atoms with Gasteiger partial charge in [0.1, 0.15) is 5.82 Å². The van der Waals surface area contributed by atoms with Gasteiger partial charge in [0.15, 0.2) is 0 Å². The molecule has 3 aromatic heterocycles. The monoisotopic (exact) mass is 535 g/mol. The Kier molecular flexibility index (Phi) is 4.90. The number of benzene rings is 6. The van der Waals surface area contributed by atoms with Crippen LogP contribution in [0.5, 0.6) is 0 Å². The molecule has 3 heteroatoms. The Labute approximate surface area is 242 Å². The molecule has 6 aromatic carbocycles. The molecule has 0 spiro atoms. The van der Waals surface area contributed by atoms with Crippen LogP contribution in [0.25, 0.3) is 77.1 Å². The lowest BCUT2D eigenvalue weighted by Gasteiger charge is -2.11. The number of rotatable bonds is 3. The van der Waals surface area contributed by atoms with E-state index in [1.54, 1.807) is 0 Å². The van der Waals surface area contributed by atoms with Crippen LogP contribution in [0.3, 0.4) is 0 Å². The highest BCUT2D eigenvalue weighted by Gasteiger charge is 2.20. The van der Waals surface area contributed by atoms with E-state index in [2.05, 4.69) is 161 Å². The van der Waals surface area contributed by atoms with E-state index >= 15 is 0 Å². The first kappa shape index (κ1) is 23.1. The molecule has 0 amide bonds. The van der Waals surface area contributed by atoms with Crippen molar-refractivity contribution in [3.8, 4) is 22.8 Å². The van der Waals surface area contributed by atoms with Crippen molar-refractivity contribution in [2.24, 2.45) is 0 Å². The average molecular weight is 536 g/mol. The van der Waals surface area contributed by atoms with Crippen molar-refractivity contribution in [2.75, 3.05) is 0 Å². The number of hydrogen-bond acceptors (Lipinski definition) is 1. The van der Waals surface area contributed by atoms with Crippen molar-refractivity contribution >= 4 is 54.4 Å². The summed E-state index contributed by atoms with van der Waals surface area (Å²) in [6, 6.07) is 54.0. The second-order valence-electron chi connectivity index (χ2n) is 10.8. The first-order chi connectivity index (χ1) is 20.9. The van der Waals surface area contributed by atoms with E-state index in [9.17, 15) is 0 Å². The van der Waals surface area contributed by atoms with E-state index in [4.69, 9.17) is 4.98 Å². The summed E-state index contributed by atoms with van der Waals surface area (Å²) in [6.45, 7) is 0. The summed E-state index contributed by atoms with van der Waals surface area (Å²) in [5.74, 6) is 0.915. The zero-order valence-corrected chi connectivity index (χ0v) is 22.8. The summed E-state index contributed by atoms with van der Waals surface area (Å²) < 4.78 is 4.71. The number of hydrogen-bond donors (Lipinski definition) is 0. The average Bonchev–Trinajstić information content (AvgIpc) is 3.58. The number of fused-ring (bicyclic) bond motifs is 8. The maximum absolute atomic E-state index is 5.29. The summed E-state index contributed by atoms with van der Waals surface area (Å²) >= 11 is 0. The van der Waals surface area contributed by atoms with Gasteiger partial charge in [-0.2, -0.15) is 0 Å². The van der Waals surface area contributed by atoms with Gasteiger partial charge in [0.25, 0.3) is 0 Å². The van der Waals surface area contributed by atoms with Crippen LogP contribution in [0.2, 0.25) is 0 Å². The highest BCUT2D eigenvalue weighted by Crippen LogP contribution is 2.42. The van der Waals surface area contributed by atoms with Gasteiger partial charge in [-0.25, -0.2) is 4.98 Å². The summed E-state index contributed by atoms with van der Waals surface area (Å²) in [6.07, 6.45) is 0. The van der Waals surface area contributed by atoms with Crippen LogP contribution in [-0.4, -0.2) is 14.1 Å². The van der Waals surface area contributed by atoms with Crippen LogP contribution >= 0.6 is 0 Å². The Morgan fingerprint density at radius 2 is 0.952 bits per heavy atom. The number of para-hydroxylation sites is 3. The fourth-order valence-electron chi connectivity index (χ4n) is 6.77. The maximum Gasteiger partial charge on any atom is 0.138 e. The molecule has 196 valence electrons. The topological polar surface area (TPSA) is 22.8 Å². The molecule has 0 aliphatic heterocycles. The molecule has 0 aliphatic carbocycles. The Hall–Kier alpha value is -5.67. The third-order valence-electron chi connectivity index (χ3n) is 8.52. The van der Waals surface area contributed by atoms with Gasteiger partial charge < -0.3 is 4.57 Å². The van der Waals surface area contributed by atoms with Crippen molar-refractivity contribution in [3.05, 3.63) is 152 Å². The van der Waals surface area contributed by atoms with Crippen molar-refractivity contribution in [1.82, 2.24) is 14.1 Å². The second kappa shape index (κ2) is 8.92. The zero-order valence-electron chi connectivity index (χ0n) is 22.8. The molecule has 0 radical (unpaired) electrons. The third-order valence-corrected chi connectivity index (χ3v) is 8.52. The molecule has 3 nitrogen and oxygen atoms in total. The molecule has 3 heterocycles. The van der Waals surface area contributed by atoms with Gasteiger partial charge in [-0.3, -0.25) is 4.57 Å². The molecule has 0 unspecified atom stereocenters. The lowest BCUT2D eigenvalue weighted by molar-refractivity contribution is 1.08. The second-order valence-corrected chi connectivity index (χ2v) is 10.8. The van der Waals surface area contributed by atoms with Crippen molar-refractivity contribution < 1.29 is 0 Å². The van der Waals surface area contributed by atoms with Crippen molar-refractivity contribution in [2.45, 2.75) is 0 Å². The molecule has 0 bridgehead atoms. The smallest absolute Gasteiger partial charge is 0.138 e. The van der Waals surface area contributed by atoms with Crippen LogP contribution in [0.1, 0.15) is 0 Å². The fraction of sp³-hybridized carbons (Fsp3) is 0. The molecular weight excluding hydrogens is 510 g/mol. The summed E-state index contributed by atoms with van der Waals surface area (Å²) in [5, 5.41) is 7.44. The van der Waals surface area contributed by atoms with Gasteiger partial charge in [0, 0.05) is 32.8 Å². The van der Waals surface area contributed by atoms with Gasteiger partial charge in [0.2, 0.25) is 0 Å². The summed E-state index contributed by atoms with van der Waals surface area (Å²) in [7, 11) is 0. The number of pyridine rings is 1. The number of nitrogens with zero attached hydrogens (tertiary/aromatic N) is 3. The van der Waals surface area contributed by atoms with Gasteiger partial charge in [-0.05, 0) is 59.3 Å². The normalized spacial score (nSPS) is 11.8. The van der Waals surface area contributed by atoms with Crippen molar-refractivity contribution in [1.29, 1.82) is 0 Å². The van der Waals surface area contributed by atoms with Crippen LogP contribution in [0.4, 0.5) is 0 Å². The highest BCUT2D eigenvalue weighted by atomic mass is 15.1. The molecule has 9 rings (SSSR count).